The largest absolute Gasteiger partial charge is 0.456 e. The van der Waals surface area contributed by atoms with E-state index in [1.807, 2.05) is 6.92 Å². The predicted octanol–water partition coefficient (Wildman–Crippen LogP) is 1.15. The molecular weight excluding hydrogens is 342 g/mol. The summed E-state index contributed by atoms with van der Waals surface area (Å²) in [6.07, 6.45) is 0.606. The smallest absolute Gasteiger partial charge is 0.419 e. The number of ether oxygens (including phenoxy) is 1. The van der Waals surface area contributed by atoms with Crippen LogP contribution in [0.3, 0.4) is 0 Å². The first-order valence-electron chi connectivity index (χ1n) is 8.25. The van der Waals surface area contributed by atoms with E-state index in [-0.39, 0.29) is 19.0 Å². The molecule has 0 fully saturated rings. The van der Waals surface area contributed by atoms with Gasteiger partial charge in [-0.2, -0.15) is 0 Å². The van der Waals surface area contributed by atoms with Gasteiger partial charge in [-0.15, -0.1) is 0 Å². The zero-order valence-corrected chi connectivity index (χ0v) is 14.6. The number of amides is 3. The number of para-hydroxylation sites is 2. The van der Waals surface area contributed by atoms with Crippen LogP contribution in [0.4, 0.5) is 4.79 Å². The number of carbonyl (C=O) groups excluding carboxylic acids is 3. The molecule has 1 aromatic heterocycles. The number of benzene rings is 1. The number of fused-ring (bicyclic) bond motifs is 1. The van der Waals surface area contributed by atoms with Gasteiger partial charge in [0.05, 0.1) is 11.9 Å². The average molecular weight is 363 g/mol. The van der Waals surface area contributed by atoms with Crippen LogP contribution in [0.1, 0.15) is 26.7 Å². The quantitative estimate of drug-likeness (QED) is 0.712. The fourth-order valence-corrected chi connectivity index (χ4v) is 2.17. The highest BCUT2D eigenvalue weighted by Crippen LogP contribution is 2.12. The summed E-state index contributed by atoms with van der Waals surface area (Å²) in [5.41, 5.74) is 1.00. The lowest BCUT2D eigenvalue weighted by atomic mass is 10.3. The van der Waals surface area contributed by atoms with Gasteiger partial charge in [0.2, 0.25) is 0 Å². The molecule has 0 saturated heterocycles. The number of hydrogen-bond donors (Lipinski definition) is 2. The van der Waals surface area contributed by atoms with E-state index in [9.17, 15) is 19.2 Å². The Balaban J connectivity index is 1.78. The van der Waals surface area contributed by atoms with Gasteiger partial charge in [0.1, 0.15) is 0 Å². The van der Waals surface area contributed by atoms with E-state index in [1.54, 1.807) is 31.2 Å². The molecule has 0 unspecified atom stereocenters. The molecule has 1 heterocycles. The molecule has 0 aliphatic rings. The molecule has 2 rings (SSSR count). The average Bonchev–Trinajstić information content (AvgIpc) is 2.93. The van der Waals surface area contributed by atoms with Crippen LogP contribution >= 0.6 is 0 Å². The maximum Gasteiger partial charge on any atom is 0.419 e. The number of rotatable bonds is 7. The summed E-state index contributed by atoms with van der Waals surface area (Å²) >= 11 is 0. The van der Waals surface area contributed by atoms with Crippen LogP contribution in [0.25, 0.3) is 11.1 Å². The number of esters is 1. The van der Waals surface area contributed by atoms with Crippen molar-refractivity contribution in [3.8, 4) is 0 Å². The summed E-state index contributed by atoms with van der Waals surface area (Å²) in [7, 11) is 0. The molecule has 140 valence electrons. The van der Waals surface area contributed by atoms with Gasteiger partial charge in [-0.3, -0.25) is 19.5 Å². The monoisotopic (exact) mass is 363 g/mol. The number of hydrogen-bond acceptors (Lipinski definition) is 6. The van der Waals surface area contributed by atoms with Crippen LogP contribution in [-0.4, -0.2) is 35.1 Å². The van der Waals surface area contributed by atoms with Gasteiger partial charge < -0.3 is 14.5 Å². The SMILES string of the molecule is CC[C@@H](C)NC(=O)NC(=O)COC(=O)CCn1c(=O)oc2ccccc21. The van der Waals surface area contributed by atoms with E-state index in [1.165, 1.54) is 4.57 Å². The van der Waals surface area contributed by atoms with Crippen LogP contribution in [0.2, 0.25) is 0 Å². The number of carbonyl (C=O) groups is 3. The van der Waals surface area contributed by atoms with Crippen molar-refractivity contribution < 1.29 is 23.5 Å². The van der Waals surface area contributed by atoms with Gasteiger partial charge in [0.25, 0.3) is 5.91 Å². The van der Waals surface area contributed by atoms with Crippen LogP contribution in [0, 0.1) is 0 Å². The molecule has 0 saturated carbocycles. The molecular formula is C17H21N3O6. The summed E-state index contributed by atoms with van der Waals surface area (Å²) in [4.78, 5) is 46.6. The Hall–Kier alpha value is -3.10. The van der Waals surface area contributed by atoms with Crippen LogP contribution in [0.15, 0.2) is 33.5 Å². The summed E-state index contributed by atoms with van der Waals surface area (Å²) < 4.78 is 11.2. The molecule has 9 heteroatoms. The maximum absolute atomic E-state index is 11.8. The summed E-state index contributed by atoms with van der Waals surface area (Å²) in [5.74, 6) is -1.97. The topological polar surface area (TPSA) is 120 Å². The Bertz CT molecular complexity index is 854. The number of oxazole rings is 1. The fraction of sp³-hybridized carbons (Fsp3) is 0.412. The number of imide groups is 1. The number of aromatic nitrogens is 1. The Kier molecular flexibility index (Phi) is 6.54. The number of nitrogens with zero attached hydrogens (tertiary/aromatic N) is 1. The predicted molar refractivity (Wildman–Crippen MR) is 92.5 cm³/mol. The summed E-state index contributed by atoms with van der Waals surface area (Å²) in [6.45, 7) is 3.17. The molecule has 26 heavy (non-hydrogen) atoms. The Morgan fingerprint density at radius 1 is 1.27 bits per heavy atom. The molecule has 0 bridgehead atoms. The lowest BCUT2D eigenvalue weighted by Gasteiger charge is -2.11. The lowest BCUT2D eigenvalue weighted by molar-refractivity contribution is -0.148. The van der Waals surface area contributed by atoms with Crippen molar-refractivity contribution in [3.05, 3.63) is 34.8 Å². The highest BCUT2D eigenvalue weighted by molar-refractivity contribution is 5.95. The van der Waals surface area contributed by atoms with Gasteiger partial charge in [0, 0.05) is 12.6 Å². The minimum absolute atomic E-state index is 0.0603. The minimum atomic E-state index is -0.731. The second-order valence-electron chi connectivity index (χ2n) is 5.73. The van der Waals surface area contributed by atoms with Crippen molar-refractivity contribution >= 4 is 29.0 Å². The van der Waals surface area contributed by atoms with Crippen molar-refractivity contribution in [3.63, 3.8) is 0 Å². The molecule has 0 spiro atoms. The number of aryl methyl sites for hydroxylation is 1. The second kappa shape index (κ2) is 8.84. The molecule has 0 aliphatic carbocycles. The maximum atomic E-state index is 11.8. The lowest BCUT2D eigenvalue weighted by Crippen LogP contribution is -2.44. The minimum Gasteiger partial charge on any atom is -0.456 e. The highest BCUT2D eigenvalue weighted by atomic mass is 16.5. The van der Waals surface area contributed by atoms with E-state index in [0.29, 0.717) is 11.1 Å². The zero-order chi connectivity index (χ0) is 19.1. The third kappa shape index (κ3) is 5.20. The summed E-state index contributed by atoms with van der Waals surface area (Å²) in [5, 5.41) is 4.62. The Morgan fingerprint density at radius 3 is 2.73 bits per heavy atom. The van der Waals surface area contributed by atoms with Gasteiger partial charge >= 0.3 is 17.8 Å². The molecule has 1 atom stereocenters. The zero-order valence-electron chi connectivity index (χ0n) is 14.6. The van der Waals surface area contributed by atoms with Gasteiger partial charge in [0.15, 0.2) is 12.2 Å². The van der Waals surface area contributed by atoms with Gasteiger partial charge in [-0.25, -0.2) is 9.59 Å². The van der Waals surface area contributed by atoms with Crippen molar-refractivity contribution in [2.75, 3.05) is 6.61 Å². The van der Waals surface area contributed by atoms with E-state index in [2.05, 4.69) is 10.6 Å². The third-order valence-corrected chi connectivity index (χ3v) is 3.72. The van der Waals surface area contributed by atoms with Gasteiger partial charge in [-0.1, -0.05) is 19.1 Å². The highest BCUT2D eigenvalue weighted by Gasteiger charge is 2.14. The molecule has 3 amide bonds. The first-order chi connectivity index (χ1) is 12.4. The van der Waals surface area contributed by atoms with Crippen molar-refractivity contribution in [1.29, 1.82) is 0 Å². The van der Waals surface area contributed by atoms with Crippen LogP contribution in [0.5, 0.6) is 0 Å². The molecule has 9 nitrogen and oxygen atoms in total. The second-order valence-corrected chi connectivity index (χ2v) is 5.73. The molecule has 2 aromatic rings. The normalized spacial score (nSPS) is 11.8. The number of urea groups is 1. The van der Waals surface area contributed by atoms with Crippen LogP contribution in [-0.2, 0) is 20.9 Å². The van der Waals surface area contributed by atoms with E-state index < -0.39 is 30.3 Å². The Morgan fingerprint density at radius 2 is 2.00 bits per heavy atom. The fourth-order valence-electron chi connectivity index (χ4n) is 2.17. The van der Waals surface area contributed by atoms with Crippen molar-refractivity contribution in [1.82, 2.24) is 15.2 Å². The van der Waals surface area contributed by atoms with E-state index in [0.717, 1.165) is 6.42 Å². The third-order valence-electron chi connectivity index (χ3n) is 3.72. The van der Waals surface area contributed by atoms with Crippen molar-refractivity contribution in [2.24, 2.45) is 0 Å². The van der Waals surface area contributed by atoms with E-state index >= 15 is 0 Å². The molecule has 1 aromatic carbocycles. The molecule has 0 radical (unpaired) electrons. The first kappa shape index (κ1) is 19.2. The first-order valence-corrected chi connectivity index (χ1v) is 8.25. The number of nitrogens with one attached hydrogen (secondary N) is 2. The van der Waals surface area contributed by atoms with Crippen molar-refractivity contribution in [2.45, 2.75) is 39.3 Å². The molecule has 0 aliphatic heterocycles. The standard InChI is InChI=1S/C17H21N3O6/c1-3-11(2)18-16(23)19-14(21)10-25-15(22)8-9-20-12-6-4-5-7-13(12)26-17(20)24/h4-7,11H,3,8-10H2,1-2H3,(H2,18,19,21,23)/t11-/m1/s1. The van der Waals surface area contributed by atoms with Gasteiger partial charge in [-0.05, 0) is 25.5 Å². The Labute approximate surface area is 149 Å². The summed E-state index contributed by atoms with van der Waals surface area (Å²) in [6, 6.07) is 6.13. The molecule has 2 N–H and O–H groups in total. The van der Waals surface area contributed by atoms with E-state index in [4.69, 9.17) is 9.15 Å². The van der Waals surface area contributed by atoms with Crippen LogP contribution < -0.4 is 16.4 Å².